The Labute approximate surface area is 354 Å². The van der Waals surface area contributed by atoms with E-state index in [0.717, 1.165) is 58.9 Å². The standard InChI is InChI=1S/C29H34N6O2.C7H16.C6H10O.C3H8.2C2H6/c1-7-19(3)12-14-36-27-17-25-28(33-22(27)6)29(31-18-30-25)34-23-9-10-26(20(4)15-23)37-24-11-13-35(32-8-2)21(5)16-24;1-3-5-7-6-4-2;1-3-4-5-6(2)7;1-3-2;2*1-2/h8-11,13,15-19H,5,7,12,14H2,1-4,6H3,(H,30,31,34);3-7H2,1-2H3;4-5H,3H2,1-2H3;3H2,1-2H3;2*1-2H3/b32-8-;;5-4+;;;. The molecule has 324 valence electrons. The number of ether oxygens (including phenoxy) is 2. The Kier molecular flexibility index (Phi) is 33.7. The largest absolute Gasteiger partial charge is 0.492 e. The molecule has 3 heterocycles. The number of hydrogen-bond donors (Lipinski definition) is 1. The van der Waals surface area contributed by atoms with Gasteiger partial charge in [-0.3, -0.25) is 4.79 Å². The number of fused-ring (bicyclic) bond motifs is 1. The van der Waals surface area contributed by atoms with Crippen LogP contribution in [0.4, 0.5) is 11.5 Å². The second kappa shape index (κ2) is 35.4. The first-order valence-corrected chi connectivity index (χ1v) is 21.8. The van der Waals surface area contributed by atoms with Gasteiger partial charge in [0.15, 0.2) is 11.6 Å². The fraction of sp³-hybridized carbons (Fsp3) is 0.531. The van der Waals surface area contributed by atoms with Gasteiger partial charge >= 0.3 is 0 Å². The molecule has 9 heteroatoms. The number of carbonyl (C=O) groups excluding carboxylic acids is 1. The molecule has 0 fully saturated rings. The van der Waals surface area contributed by atoms with Gasteiger partial charge in [-0.05, 0) is 82.4 Å². The van der Waals surface area contributed by atoms with Crippen molar-refractivity contribution < 1.29 is 14.3 Å². The number of rotatable bonds is 16. The van der Waals surface area contributed by atoms with E-state index < -0.39 is 0 Å². The maximum absolute atomic E-state index is 10.1. The number of nitrogens with zero attached hydrogens (tertiary/aromatic N) is 5. The number of unbranched alkanes of at least 4 members (excludes halogenated alkanes) is 4. The summed E-state index contributed by atoms with van der Waals surface area (Å²) < 4.78 is 12.1. The summed E-state index contributed by atoms with van der Waals surface area (Å²) in [6.07, 6.45) is 23.6. The Morgan fingerprint density at radius 2 is 1.62 bits per heavy atom. The number of benzene rings is 1. The third kappa shape index (κ3) is 23.4. The normalized spacial score (nSPS) is 11.9. The van der Waals surface area contributed by atoms with Gasteiger partial charge in [-0.2, -0.15) is 5.10 Å². The third-order valence-electron chi connectivity index (χ3n) is 8.00. The van der Waals surface area contributed by atoms with E-state index in [2.05, 4.69) is 68.5 Å². The Morgan fingerprint density at radius 3 is 2.14 bits per heavy atom. The monoisotopic (exact) mass is 801 g/mol. The molecule has 1 atom stereocenters. The van der Waals surface area contributed by atoms with E-state index in [-0.39, 0.29) is 5.78 Å². The number of allylic oxidation sites excluding steroid dienone is 4. The number of aromatic nitrogens is 3. The summed E-state index contributed by atoms with van der Waals surface area (Å²) in [5, 5.41) is 9.29. The lowest BCUT2D eigenvalue weighted by atomic mass is 10.1. The van der Waals surface area contributed by atoms with Gasteiger partial charge in [0.1, 0.15) is 29.1 Å². The van der Waals surface area contributed by atoms with Crippen LogP contribution >= 0.6 is 0 Å². The van der Waals surface area contributed by atoms with Gasteiger partial charge in [-0.1, -0.05) is 134 Å². The quantitative estimate of drug-likeness (QED) is 0.0868. The minimum atomic E-state index is 0.127. The first kappa shape index (κ1) is 55.3. The van der Waals surface area contributed by atoms with E-state index in [1.165, 1.54) is 44.9 Å². The molecule has 1 aliphatic heterocycles. The lowest BCUT2D eigenvalue weighted by molar-refractivity contribution is -0.112. The first-order valence-electron chi connectivity index (χ1n) is 21.8. The smallest absolute Gasteiger partial charge is 0.160 e. The summed E-state index contributed by atoms with van der Waals surface area (Å²) in [5.74, 6) is 3.60. The van der Waals surface area contributed by atoms with Crippen LogP contribution in [0.2, 0.25) is 0 Å². The Balaban J connectivity index is 0. The molecule has 9 nitrogen and oxygen atoms in total. The second-order valence-electron chi connectivity index (χ2n) is 13.3. The third-order valence-corrected chi connectivity index (χ3v) is 8.00. The SMILES string of the molecule is C=C1C=C(Oc2ccc(Nc3ncnc4cc(OCCC(C)CC)c(C)nc34)cc2C)C=CN1/N=C\C.CC.CC.CC/C=C/C(C)=O.CCC.CCCCCCC. The molecule has 0 bridgehead atoms. The lowest BCUT2D eigenvalue weighted by Crippen LogP contribution is -2.12. The minimum Gasteiger partial charge on any atom is -0.492 e. The predicted molar refractivity (Wildman–Crippen MR) is 252 cm³/mol. The van der Waals surface area contributed by atoms with Gasteiger partial charge in [0.25, 0.3) is 0 Å². The molecule has 4 rings (SSSR count). The lowest BCUT2D eigenvalue weighted by Gasteiger charge is -2.20. The van der Waals surface area contributed by atoms with E-state index >= 15 is 0 Å². The maximum Gasteiger partial charge on any atom is 0.160 e. The van der Waals surface area contributed by atoms with Crippen LogP contribution in [0.1, 0.15) is 159 Å². The summed E-state index contributed by atoms with van der Waals surface area (Å²) >= 11 is 0. The Hall–Kier alpha value is -4.79. The molecule has 0 radical (unpaired) electrons. The zero-order valence-electron chi connectivity index (χ0n) is 39.2. The minimum absolute atomic E-state index is 0.127. The van der Waals surface area contributed by atoms with Gasteiger partial charge in [0.2, 0.25) is 0 Å². The van der Waals surface area contributed by atoms with Gasteiger partial charge < -0.3 is 14.8 Å². The molecule has 0 saturated carbocycles. The highest BCUT2D eigenvalue weighted by atomic mass is 16.5. The zero-order valence-corrected chi connectivity index (χ0v) is 39.2. The molecule has 0 saturated heterocycles. The van der Waals surface area contributed by atoms with Crippen molar-refractivity contribution in [3.8, 4) is 11.5 Å². The Morgan fingerprint density at radius 1 is 0.966 bits per heavy atom. The highest BCUT2D eigenvalue weighted by molar-refractivity contribution is 5.88. The van der Waals surface area contributed by atoms with E-state index in [0.29, 0.717) is 29.6 Å². The summed E-state index contributed by atoms with van der Waals surface area (Å²) in [4.78, 5) is 23.7. The molecule has 1 aliphatic rings. The summed E-state index contributed by atoms with van der Waals surface area (Å²) in [6.45, 7) is 35.2. The first-order chi connectivity index (χ1) is 28.0. The number of nitrogens with one attached hydrogen (secondary N) is 1. The van der Waals surface area contributed by atoms with Crippen molar-refractivity contribution in [3.05, 3.63) is 90.4 Å². The molecule has 58 heavy (non-hydrogen) atoms. The predicted octanol–water partition coefficient (Wildman–Crippen LogP) is 14.8. The average Bonchev–Trinajstić information content (AvgIpc) is 3.22. The highest BCUT2D eigenvalue weighted by Crippen LogP contribution is 2.30. The van der Waals surface area contributed by atoms with Crippen LogP contribution in [0.5, 0.6) is 11.5 Å². The molecular weight excluding hydrogens is 721 g/mol. The molecule has 0 spiro atoms. The van der Waals surface area contributed by atoms with Crippen molar-refractivity contribution >= 4 is 34.5 Å². The number of carbonyl (C=O) groups is 1. The summed E-state index contributed by atoms with van der Waals surface area (Å²) in [7, 11) is 0. The van der Waals surface area contributed by atoms with Crippen molar-refractivity contribution in [3.63, 3.8) is 0 Å². The van der Waals surface area contributed by atoms with Gasteiger partial charge in [0.05, 0.1) is 23.5 Å². The van der Waals surface area contributed by atoms with Crippen LogP contribution in [-0.4, -0.2) is 38.6 Å². The number of aryl methyl sites for hydroxylation is 2. The van der Waals surface area contributed by atoms with Gasteiger partial charge in [-0.15, -0.1) is 0 Å². The Bertz CT molecular complexity index is 1670. The number of hydrogen-bond acceptors (Lipinski definition) is 9. The molecule has 1 aromatic carbocycles. The molecule has 2 aromatic heterocycles. The van der Waals surface area contributed by atoms with Crippen LogP contribution in [-0.2, 0) is 4.79 Å². The average molecular weight is 801 g/mol. The van der Waals surface area contributed by atoms with Crippen LogP contribution in [0.25, 0.3) is 11.0 Å². The van der Waals surface area contributed by atoms with Crippen molar-refractivity contribution in [2.24, 2.45) is 11.0 Å². The van der Waals surface area contributed by atoms with Crippen molar-refractivity contribution in [2.45, 2.75) is 162 Å². The van der Waals surface area contributed by atoms with Crippen LogP contribution in [0.15, 0.2) is 84.2 Å². The van der Waals surface area contributed by atoms with Crippen LogP contribution in [0, 0.1) is 19.8 Å². The second-order valence-corrected chi connectivity index (χ2v) is 13.3. The van der Waals surface area contributed by atoms with Crippen molar-refractivity contribution in [1.82, 2.24) is 20.0 Å². The topological polar surface area (TPSA) is 102 Å². The van der Waals surface area contributed by atoms with Gasteiger partial charge in [-0.25, -0.2) is 20.0 Å². The van der Waals surface area contributed by atoms with E-state index in [4.69, 9.17) is 14.5 Å². The van der Waals surface area contributed by atoms with E-state index in [1.807, 2.05) is 104 Å². The number of hydrazone groups is 1. The molecule has 1 N–H and O–H groups in total. The fourth-order valence-corrected chi connectivity index (χ4v) is 4.76. The molecule has 0 amide bonds. The van der Waals surface area contributed by atoms with Crippen molar-refractivity contribution in [1.29, 1.82) is 0 Å². The maximum atomic E-state index is 10.1. The number of pyridine rings is 1. The summed E-state index contributed by atoms with van der Waals surface area (Å²) in [5.41, 5.74) is 4.82. The molecule has 0 aliphatic carbocycles. The highest BCUT2D eigenvalue weighted by Gasteiger charge is 2.13. The van der Waals surface area contributed by atoms with E-state index in [9.17, 15) is 4.79 Å². The van der Waals surface area contributed by atoms with Crippen LogP contribution in [0.3, 0.4) is 0 Å². The number of anilines is 2. The van der Waals surface area contributed by atoms with Crippen LogP contribution < -0.4 is 14.8 Å². The fourth-order valence-electron chi connectivity index (χ4n) is 4.76. The summed E-state index contributed by atoms with van der Waals surface area (Å²) in [6, 6.07) is 7.83. The zero-order chi connectivity index (χ0) is 44.3. The van der Waals surface area contributed by atoms with E-state index in [1.54, 1.807) is 24.2 Å². The van der Waals surface area contributed by atoms with Crippen molar-refractivity contribution in [2.75, 3.05) is 11.9 Å². The molecule has 3 aromatic rings. The molecule has 1 unspecified atom stereocenters. The molecular formula is C49H80N6O3. The number of ketones is 1. The van der Waals surface area contributed by atoms with Gasteiger partial charge in [0, 0.05) is 30.2 Å².